The average molecular weight is 418 g/mol. The zero-order valence-corrected chi connectivity index (χ0v) is 18.6. The van der Waals surface area contributed by atoms with Gasteiger partial charge in [0.1, 0.15) is 11.2 Å². The van der Waals surface area contributed by atoms with Crippen LogP contribution in [0.25, 0.3) is 0 Å². The van der Waals surface area contributed by atoms with Crippen LogP contribution in [-0.2, 0) is 14.3 Å². The summed E-state index contributed by atoms with van der Waals surface area (Å²) in [6, 6.07) is -0.0944. The number of ketones is 1. The van der Waals surface area contributed by atoms with Gasteiger partial charge >= 0.3 is 0 Å². The van der Waals surface area contributed by atoms with Crippen LogP contribution in [0.2, 0.25) is 0 Å². The Balaban J connectivity index is 1.70. The molecule has 30 heavy (non-hydrogen) atoms. The fourth-order valence-corrected chi connectivity index (χ4v) is 8.09. The number of nitrogens with one attached hydrogen (secondary N) is 1. The van der Waals surface area contributed by atoms with Crippen molar-refractivity contribution in [2.45, 2.75) is 90.3 Å². The summed E-state index contributed by atoms with van der Waals surface area (Å²) in [5, 5.41) is 25.3. The monoisotopic (exact) mass is 417 g/mol. The standard InChI is InChI=1S/C24H35NO5/c1-10(2)8-14-17-11(3)12(4)20(28)19-18-13(9-16(27)24(17,19)22(29)25-14)21-15(26)6-7-23(18,5)30-21/h10,13-15,17-21,26,28H,6-9H2,1-5H3,(H,25,29)/t13-,14-,15+,17-,18-,19-,20+,21-,23-,24+/m0/s1. The number of carbonyl (C=O) groups excluding carboxylic acids is 2. The Labute approximate surface area is 178 Å². The Morgan fingerprint density at radius 1 is 1.17 bits per heavy atom. The predicted octanol–water partition coefficient (Wildman–Crippen LogP) is 1.98. The molecule has 10 atom stereocenters. The minimum atomic E-state index is -1.22. The molecule has 0 aromatic rings. The number of hydrogen-bond donors (Lipinski definition) is 3. The molecule has 3 saturated heterocycles. The van der Waals surface area contributed by atoms with Gasteiger partial charge in [-0.3, -0.25) is 9.59 Å². The first-order chi connectivity index (χ1) is 14.0. The van der Waals surface area contributed by atoms with Crippen LogP contribution < -0.4 is 5.32 Å². The van der Waals surface area contributed by atoms with E-state index in [1.165, 1.54) is 0 Å². The van der Waals surface area contributed by atoms with E-state index in [1.807, 2.05) is 13.8 Å². The number of rotatable bonds is 2. The van der Waals surface area contributed by atoms with Crippen LogP contribution in [0.4, 0.5) is 0 Å². The van der Waals surface area contributed by atoms with E-state index in [-0.39, 0.29) is 48.0 Å². The topological polar surface area (TPSA) is 95.9 Å². The summed E-state index contributed by atoms with van der Waals surface area (Å²) >= 11 is 0. The third-order valence-corrected chi connectivity index (χ3v) is 9.29. The molecule has 0 aromatic heterocycles. The summed E-state index contributed by atoms with van der Waals surface area (Å²) in [6.45, 7) is 10.3. The molecule has 6 nitrogen and oxygen atoms in total. The highest BCUT2D eigenvalue weighted by molar-refractivity contribution is 6.10. The lowest BCUT2D eigenvalue weighted by atomic mass is 9.45. The maximum Gasteiger partial charge on any atom is 0.235 e. The molecule has 3 aliphatic heterocycles. The van der Waals surface area contributed by atoms with Gasteiger partial charge in [0.15, 0.2) is 0 Å². The van der Waals surface area contributed by atoms with Crippen molar-refractivity contribution in [2.75, 3.05) is 0 Å². The van der Waals surface area contributed by atoms with Crippen LogP contribution in [0.15, 0.2) is 11.1 Å². The highest BCUT2D eigenvalue weighted by atomic mass is 16.5. The smallest absolute Gasteiger partial charge is 0.235 e. The van der Waals surface area contributed by atoms with Crippen molar-refractivity contribution < 1.29 is 24.5 Å². The molecule has 5 rings (SSSR count). The molecule has 166 valence electrons. The number of ether oxygens (including phenoxy) is 1. The largest absolute Gasteiger partial charge is 0.390 e. The second-order valence-electron chi connectivity index (χ2n) is 11.2. The molecule has 3 N–H and O–H groups in total. The Hall–Kier alpha value is -1.24. The number of amides is 1. The van der Waals surface area contributed by atoms with Crippen molar-refractivity contribution in [3.63, 3.8) is 0 Å². The molecule has 2 bridgehead atoms. The number of carbonyl (C=O) groups is 2. The van der Waals surface area contributed by atoms with Crippen molar-refractivity contribution in [3.8, 4) is 0 Å². The molecule has 0 unspecified atom stereocenters. The third-order valence-electron chi connectivity index (χ3n) is 9.29. The van der Waals surface area contributed by atoms with Gasteiger partial charge < -0.3 is 20.3 Å². The van der Waals surface area contributed by atoms with E-state index in [2.05, 4.69) is 26.1 Å². The maximum atomic E-state index is 13.9. The van der Waals surface area contributed by atoms with Crippen molar-refractivity contribution in [3.05, 3.63) is 11.1 Å². The van der Waals surface area contributed by atoms with Crippen LogP contribution >= 0.6 is 0 Å². The first kappa shape index (κ1) is 20.7. The van der Waals surface area contributed by atoms with Crippen molar-refractivity contribution in [1.82, 2.24) is 5.32 Å². The number of Topliss-reactive ketones (excluding diaryl/α,β-unsaturated/α-hetero) is 1. The van der Waals surface area contributed by atoms with Crippen LogP contribution in [0.3, 0.4) is 0 Å². The highest BCUT2D eigenvalue weighted by Gasteiger charge is 2.76. The fraction of sp³-hybridized carbons (Fsp3) is 0.833. The summed E-state index contributed by atoms with van der Waals surface area (Å²) in [7, 11) is 0. The van der Waals surface area contributed by atoms with Crippen molar-refractivity contribution >= 4 is 11.7 Å². The zero-order chi connectivity index (χ0) is 21.7. The van der Waals surface area contributed by atoms with Crippen LogP contribution in [0.5, 0.6) is 0 Å². The predicted molar refractivity (Wildman–Crippen MR) is 110 cm³/mol. The molecule has 4 fully saturated rings. The zero-order valence-electron chi connectivity index (χ0n) is 18.6. The molecule has 1 spiro atoms. The second-order valence-corrected chi connectivity index (χ2v) is 11.2. The van der Waals surface area contributed by atoms with Crippen LogP contribution in [-0.4, -0.2) is 51.9 Å². The van der Waals surface area contributed by atoms with Gasteiger partial charge in [-0.2, -0.15) is 0 Å². The molecule has 1 saturated carbocycles. The maximum absolute atomic E-state index is 13.9. The average Bonchev–Trinajstić information content (AvgIpc) is 3.08. The number of aliphatic hydroxyl groups excluding tert-OH is 2. The van der Waals surface area contributed by atoms with E-state index in [0.29, 0.717) is 18.8 Å². The highest BCUT2D eigenvalue weighted by Crippen LogP contribution is 2.66. The molecule has 0 radical (unpaired) electrons. The number of fused-ring (bicyclic) bond motifs is 6. The van der Waals surface area contributed by atoms with Gasteiger partial charge in [-0.05, 0) is 51.5 Å². The lowest BCUT2D eigenvalue weighted by molar-refractivity contribution is -0.167. The quantitative estimate of drug-likeness (QED) is 0.472. The SMILES string of the molecule is CC1=C(C)[C@H]2[C@H](CC(C)C)NC(=O)[C@]23C(=O)C[C@@H]2[C@@H]4O[C@@](C)(CC[C@H]4O)[C@@H]2[C@H]3[C@@H]1O. The summed E-state index contributed by atoms with van der Waals surface area (Å²) < 4.78 is 6.36. The molecule has 1 amide bonds. The van der Waals surface area contributed by atoms with Gasteiger partial charge in [0.25, 0.3) is 0 Å². The molecule has 5 aliphatic rings. The summed E-state index contributed by atoms with van der Waals surface area (Å²) in [5.41, 5.74) is 0.130. The lowest BCUT2D eigenvalue weighted by Gasteiger charge is -2.55. The van der Waals surface area contributed by atoms with Gasteiger partial charge in [0.2, 0.25) is 5.91 Å². The fourth-order valence-electron chi connectivity index (χ4n) is 8.09. The van der Waals surface area contributed by atoms with Crippen molar-refractivity contribution in [1.29, 1.82) is 0 Å². The molecule has 3 heterocycles. The Morgan fingerprint density at radius 2 is 1.87 bits per heavy atom. The second kappa shape index (κ2) is 6.39. The van der Waals surface area contributed by atoms with Crippen LogP contribution in [0, 0.1) is 35.0 Å². The summed E-state index contributed by atoms with van der Waals surface area (Å²) in [5.74, 6) is -0.880. The van der Waals surface area contributed by atoms with Gasteiger partial charge in [-0.15, -0.1) is 0 Å². The minimum absolute atomic E-state index is 0.0691. The van der Waals surface area contributed by atoms with E-state index >= 15 is 0 Å². The first-order valence-corrected chi connectivity index (χ1v) is 11.6. The summed E-state index contributed by atoms with van der Waals surface area (Å²) in [6.07, 6.45) is 0.552. The van der Waals surface area contributed by atoms with Gasteiger partial charge in [0.05, 0.1) is 23.9 Å². The summed E-state index contributed by atoms with van der Waals surface area (Å²) in [4.78, 5) is 27.5. The molecule has 6 heteroatoms. The molecular formula is C24H35NO5. The molecule has 0 aromatic carbocycles. The van der Waals surface area contributed by atoms with Gasteiger partial charge in [-0.1, -0.05) is 19.4 Å². The van der Waals surface area contributed by atoms with E-state index in [0.717, 1.165) is 17.6 Å². The van der Waals surface area contributed by atoms with Crippen LogP contribution in [0.1, 0.15) is 60.3 Å². The normalized spacial score (nSPS) is 52.3. The number of aliphatic hydroxyl groups is 2. The molecular weight excluding hydrogens is 382 g/mol. The lowest BCUT2D eigenvalue weighted by Crippen LogP contribution is -2.64. The Morgan fingerprint density at radius 3 is 2.53 bits per heavy atom. The van der Waals surface area contributed by atoms with E-state index < -0.39 is 29.1 Å². The van der Waals surface area contributed by atoms with E-state index in [1.54, 1.807) is 0 Å². The minimum Gasteiger partial charge on any atom is -0.390 e. The third kappa shape index (κ3) is 2.31. The van der Waals surface area contributed by atoms with E-state index in [9.17, 15) is 19.8 Å². The Kier molecular flexibility index (Phi) is 4.40. The molecule has 2 aliphatic carbocycles. The number of hydrogen-bond acceptors (Lipinski definition) is 5. The van der Waals surface area contributed by atoms with Gasteiger partial charge in [0, 0.05) is 36.1 Å². The van der Waals surface area contributed by atoms with Crippen molar-refractivity contribution in [2.24, 2.45) is 35.0 Å². The first-order valence-electron chi connectivity index (χ1n) is 11.6. The van der Waals surface area contributed by atoms with E-state index in [4.69, 9.17) is 4.74 Å². The van der Waals surface area contributed by atoms with Gasteiger partial charge in [-0.25, -0.2) is 0 Å². The Bertz CT molecular complexity index is 835.